The van der Waals surface area contributed by atoms with Gasteiger partial charge in [0.1, 0.15) is 5.75 Å². The molecule has 0 unspecified atom stereocenters. The minimum Gasteiger partial charge on any atom is -0.496 e. The quantitative estimate of drug-likeness (QED) is 0.602. The van der Waals surface area contributed by atoms with E-state index in [-0.39, 0.29) is 0 Å². The van der Waals surface area contributed by atoms with E-state index in [1.54, 1.807) is 18.9 Å². The van der Waals surface area contributed by atoms with Gasteiger partial charge in [0, 0.05) is 14.5 Å². The summed E-state index contributed by atoms with van der Waals surface area (Å²) in [5, 5.41) is 3.86. The summed E-state index contributed by atoms with van der Waals surface area (Å²) >= 11 is 3.58. The summed E-state index contributed by atoms with van der Waals surface area (Å²) in [6, 6.07) is 11.1. The van der Waals surface area contributed by atoms with Crippen molar-refractivity contribution in [3.63, 3.8) is 0 Å². The SMILES string of the molecule is COc1cc2cc3cc(C)sc3cc2cc1SC. The molecule has 0 spiro atoms. The zero-order chi connectivity index (χ0) is 12.7. The van der Waals surface area contributed by atoms with Gasteiger partial charge in [0.25, 0.3) is 0 Å². The lowest BCUT2D eigenvalue weighted by atomic mass is 10.1. The van der Waals surface area contributed by atoms with Crippen LogP contribution in [0.5, 0.6) is 5.75 Å². The first-order chi connectivity index (χ1) is 8.71. The summed E-state index contributed by atoms with van der Waals surface area (Å²) in [6.45, 7) is 2.16. The minimum atomic E-state index is 0.960. The van der Waals surface area contributed by atoms with E-state index >= 15 is 0 Å². The summed E-state index contributed by atoms with van der Waals surface area (Å²) < 4.78 is 6.80. The maximum absolute atomic E-state index is 5.44. The number of hydrogen-bond acceptors (Lipinski definition) is 3. The Hall–Kier alpha value is -1.19. The first kappa shape index (κ1) is 11.9. The molecule has 1 nitrogen and oxygen atoms in total. The molecule has 0 N–H and O–H groups in total. The molecule has 0 atom stereocenters. The first-order valence-electron chi connectivity index (χ1n) is 5.77. The van der Waals surface area contributed by atoms with Crippen LogP contribution < -0.4 is 4.74 Å². The van der Waals surface area contributed by atoms with Gasteiger partial charge < -0.3 is 4.74 Å². The van der Waals surface area contributed by atoms with Crippen molar-refractivity contribution >= 4 is 44.0 Å². The van der Waals surface area contributed by atoms with E-state index in [1.807, 2.05) is 11.3 Å². The van der Waals surface area contributed by atoms with Crippen LogP contribution in [0.15, 0.2) is 35.2 Å². The van der Waals surface area contributed by atoms with Gasteiger partial charge in [-0.1, -0.05) is 0 Å². The molecule has 0 bridgehead atoms. The maximum atomic E-state index is 5.44. The van der Waals surface area contributed by atoms with Crippen LogP contribution in [0.2, 0.25) is 0 Å². The summed E-state index contributed by atoms with van der Waals surface area (Å²) in [4.78, 5) is 2.55. The molecule has 1 heterocycles. The molecule has 3 rings (SSSR count). The zero-order valence-corrected chi connectivity index (χ0v) is 12.2. The van der Waals surface area contributed by atoms with Gasteiger partial charge in [-0.05, 0) is 59.7 Å². The van der Waals surface area contributed by atoms with Crippen LogP contribution >= 0.6 is 23.1 Å². The second-order valence-electron chi connectivity index (χ2n) is 4.30. The number of thiophene rings is 1. The predicted octanol–water partition coefficient (Wildman–Crippen LogP) is 5.09. The molecule has 18 heavy (non-hydrogen) atoms. The van der Waals surface area contributed by atoms with Crippen molar-refractivity contribution in [3.8, 4) is 5.75 Å². The molecule has 0 fully saturated rings. The standard InChI is InChI=1S/C15H14OS2/c1-9-4-12-5-10-6-13(16-2)15(17-3)8-11(10)7-14(12)18-9/h4-8H,1-3H3. The van der Waals surface area contributed by atoms with Crippen molar-refractivity contribution in [3.05, 3.63) is 35.2 Å². The van der Waals surface area contributed by atoms with E-state index in [1.165, 1.54) is 30.6 Å². The Kier molecular flexibility index (Phi) is 2.96. The second kappa shape index (κ2) is 4.48. The highest BCUT2D eigenvalue weighted by Crippen LogP contribution is 2.36. The number of hydrogen-bond donors (Lipinski definition) is 0. The third-order valence-corrected chi connectivity index (χ3v) is 4.87. The fourth-order valence-electron chi connectivity index (χ4n) is 2.25. The fourth-order valence-corrected chi connectivity index (χ4v) is 3.79. The molecule has 1 aromatic heterocycles. The summed E-state index contributed by atoms with van der Waals surface area (Å²) in [5.41, 5.74) is 0. The number of methoxy groups -OCH3 is 1. The summed E-state index contributed by atoms with van der Waals surface area (Å²) in [5.74, 6) is 0.960. The molecule has 3 aromatic rings. The minimum absolute atomic E-state index is 0.960. The first-order valence-corrected chi connectivity index (χ1v) is 7.81. The lowest BCUT2D eigenvalue weighted by Crippen LogP contribution is -1.86. The topological polar surface area (TPSA) is 9.23 Å². The van der Waals surface area contributed by atoms with Crippen LogP contribution in [-0.4, -0.2) is 13.4 Å². The molecule has 3 heteroatoms. The van der Waals surface area contributed by atoms with E-state index in [0.29, 0.717) is 0 Å². The smallest absolute Gasteiger partial charge is 0.133 e. The van der Waals surface area contributed by atoms with E-state index in [9.17, 15) is 0 Å². The van der Waals surface area contributed by atoms with Gasteiger partial charge in [0.15, 0.2) is 0 Å². The normalized spacial score (nSPS) is 11.3. The Labute approximate surface area is 115 Å². The molecular formula is C15H14OS2. The van der Waals surface area contributed by atoms with E-state index in [4.69, 9.17) is 4.74 Å². The van der Waals surface area contributed by atoms with Crippen LogP contribution in [0.25, 0.3) is 20.9 Å². The molecule has 0 aliphatic rings. The monoisotopic (exact) mass is 274 g/mol. The van der Waals surface area contributed by atoms with Crippen molar-refractivity contribution in [2.24, 2.45) is 0 Å². The lowest BCUT2D eigenvalue weighted by Gasteiger charge is -2.08. The second-order valence-corrected chi connectivity index (χ2v) is 6.44. The molecule has 2 aromatic carbocycles. The molecule has 0 saturated heterocycles. The van der Waals surface area contributed by atoms with Crippen LogP contribution in [-0.2, 0) is 0 Å². The average molecular weight is 274 g/mol. The molecule has 92 valence electrons. The summed E-state index contributed by atoms with van der Waals surface area (Å²) in [7, 11) is 1.73. The molecule has 0 aliphatic carbocycles. The van der Waals surface area contributed by atoms with Gasteiger partial charge in [-0.3, -0.25) is 0 Å². The highest BCUT2D eigenvalue weighted by atomic mass is 32.2. The number of benzene rings is 2. The van der Waals surface area contributed by atoms with Gasteiger partial charge in [0.05, 0.1) is 7.11 Å². The Morgan fingerprint density at radius 1 is 1.00 bits per heavy atom. The third-order valence-electron chi connectivity index (χ3n) is 3.10. The number of fused-ring (bicyclic) bond motifs is 2. The zero-order valence-electron chi connectivity index (χ0n) is 10.6. The van der Waals surface area contributed by atoms with Crippen LogP contribution in [0.3, 0.4) is 0 Å². The third kappa shape index (κ3) is 1.88. The maximum Gasteiger partial charge on any atom is 0.133 e. The Morgan fingerprint density at radius 3 is 2.50 bits per heavy atom. The van der Waals surface area contributed by atoms with Crippen LogP contribution in [0, 0.1) is 6.92 Å². The number of ether oxygens (including phenoxy) is 1. The number of thioether (sulfide) groups is 1. The molecule has 0 radical (unpaired) electrons. The van der Waals surface area contributed by atoms with E-state index < -0.39 is 0 Å². The van der Waals surface area contributed by atoms with Gasteiger partial charge in [-0.2, -0.15) is 0 Å². The predicted molar refractivity (Wildman–Crippen MR) is 82.4 cm³/mol. The number of rotatable bonds is 2. The molecule has 0 amide bonds. The molecular weight excluding hydrogens is 260 g/mol. The highest BCUT2D eigenvalue weighted by molar-refractivity contribution is 7.98. The fraction of sp³-hybridized carbons (Fsp3) is 0.200. The van der Waals surface area contributed by atoms with Crippen molar-refractivity contribution in [1.82, 2.24) is 0 Å². The largest absolute Gasteiger partial charge is 0.496 e. The summed E-state index contributed by atoms with van der Waals surface area (Å²) in [6.07, 6.45) is 2.08. The van der Waals surface area contributed by atoms with Crippen LogP contribution in [0.1, 0.15) is 4.88 Å². The van der Waals surface area contributed by atoms with E-state index in [2.05, 4.69) is 43.5 Å². The van der Waals surface area contributed by atoms with Crippen molar-refractivity contribution in [1.29, 1.82) is 0 Å². The van der Waals surface area contributed by atoms with Crippen molar-refractivity contribution < 1.29 is 4.74 Å². The molecule has 0 saturated carbocycles. The molecule has 0 aliphatic heterocycles. The van der Waals surface area contributed by atoms with Crippen molar-refractivity contribution in [2.75, 3.05) is 13.4 Å². The van der Waals surface area contributed by atoms with Gasteiger partial charge in [-0.15, -0.1) is 23.1 Å². The van der Waals surface area contributed by atoms with E-state index in [0.717, 1.165) is 5.75 Å². The van der Waals surface area contributed by atoms with Gasteiger partial charge in [-0.25, -0.2) is 0 Å². The highest BCUT2D eigenvalue weighted by Gasteiger charge is 2.07. The Morgan fingerprint density at radius 2 is 1.78 bits per heavy atom. The number of aryl methyl sites for hydroxylation is 1. The lowest BCUT2D eigenvalue weighted by molar-refractivity contribution is 0.405. The Bertz CT molecular complexity index is 668. The Balaban J connectivity index is 2.35. The van der Waals surface area contributed by atoms with Crippen LogP contribution in [0.4, 0.5) is 0 Å². The van der Waals surface area contributed by atoms with Crippen molar-refractivity contribution in [2.45, 2.75) is 11.8 Å². The van der Waals surface area contributed by atoms with Gasteiger partial charge in [0.2, 0.25) is 0 Å². The van der Waals surface area contributed by atoms with Gasteiger partial charge >= 0.3 is 0 Å². The average Bonchev–Trinajstić information content (AvgIpc) is 2.73.